The van der Waals surface area contributed by atoms with E-state index in [0.717, 1.165) is 53.5 Å². The molecule has 2 aromatic carbocycles. The van der Waals surface area contributed by atoms with Crippen molar-refractivity contribution in [1.82, 2.24) is 22.9 Å². The number of aryl methyl sites for hydroxylation is 1. The largest absolute Gasteiger partial charge is 0.497 e. The van der Waals surface area contributed by atoms with Gasteiger partial charge in [0.1, 0.15) is 22.9 Å². The number of fused-ring (bicyclic) bond motifs is 4. The molecule has 1 aliphatic rings. The van der Waals surface area contributed by atoms with Gasteiger partial charge in [-0.15, -0.1) is 0 Å². The number of ether oxygens (including phenoxy) is 2. The van der Waals surface area contributed by atoms with Crippen molar-refractivity contribution in [1.29, 1.82) is 0 Å². The van der Waals surface area contributed by atoms with Crippen molar-refractivity contribution < 1.29 is 22.7 Å². The van der Waals surface area contributed by atoms with Gasteiger partial charge in [-0.25, -0.2) is 27.2 Å². The molecule has 0 spiro atoms. The van der Waals surface area contributed by atoms with Gasteiger partial charge in [0.05, 0.1) is 34.8 Å². The summed E-state index contributed by atoms with van der Waals surface area (Å²) in [5.74, 6) is 1.70. The van der Waals surface area contributed by atoms with Crippen LogP contribution in [-0.4, -0.2) is 50.1 Å². The molecular weight excluding hydrogens is 602 g/mol. The fourth-order valence-corrected chi connectivity index (χ4v) is 7.77. The second kappa shape index (κ2) is 11.0. The van der Waals surface area contributed by atoms with Crippen molar-refractivity contribution in [3.63, 3.8) is 0 Å². The maximum atomic E-state index is 13.8. The molecule has 0 aliphatic heterocycles. The van der Waals surface area contributed by atoms with Crippen molar-refractivity contribution >= 4 is 43.7 Å². The van der Waals surface area contributed by atoms with Crippen LogP contribution < -0.4 is 4.74 Å². The van der Waals surface area contributed by atoms with Crippen molar-refractivity contribution in [2.45, 2.75) is 76.2 Å². The molecule has 0 saturated heterocycles. The van der Waals surface area contributed by atoms with Crippen molar-refractivity contribution in [2.75, 3.05) is 7.11 Å². The first-order valence-corrected chi connectivity index (χ1v) is 17.0. The summed E-state index contributed by atoms with van der Waals surface area (Å²) in [6.45, 7) is 7.43. The molecule has 46 heavy (non-hydrogen) atoms. The smallest absolute Gasteiger partial charge is 0.419 e. The third-order valence-corrected chi connectivity index (χ3v) is 10.4. The molecule has 6 aromatic rings. The second-order valence-electron chi connectivity index (χ2n) is 13.0. The van der Waals surface area contributed by atoms with E-state index < -0.39 is 21.7 Å². The van der Waals surface area contributed by atoms with Crippen LogP contribution in [0.5, 0.6) is 5.75 Å². The molecule has 0 unspecified atom stereocenters. The Kier molecular flexibility index (Phi) is 7.19. The van der Waals surface area contributed by atoms with Gasteiger partial charge in [0.25, 0.3) is 10.0 Å². The molecule has 0 amide bonds. The molecule has 238 valence electrons. The van der Waals surface area contributed by atoms with Crippen LogP contribution in [0.25, 0.3) is 38.8 Å². The van der Waals surface area contributed by atoms with Crippen LogP contribution in [0.1, 0.15) is 70.2 Å². The molecule has 10 nitrogen and oxygen atoms in total. The van der Waals surface area contributed by atoms with Crippen LogP contribution in [0.15, 0.2) is 72.0 Å². The highest BCUT2D eigenvalue weighted by atomic mass is 32.2. The Morgan fingerprint density at radius 2 is 1.70 bits per heavy atom. The fraction of sp³-hybridized carbons (Fsp3) is 0.343. The Bertz CT molecular complexity index is 2230. The van der Waals surface area contributed by atoms with Gasteiger partial charge < -0.3 is 9.47 Å². The van der Waals surface area contributed by atoms with Crippen LogP contribution in [0.2, 0.25) is 0 Å². The summed E-state index contributed by atoms with van der Waals surface area (Å²) in [6, 6.07) is 14.2. The van der Waals surface area contributed by atoms with E-state index in [0.29, 0.717) is 28.1 Å². The minimum atomic E-state index is -3.90. The number of hydrogen-bond donors (Lipinski definition) is 0. The van der Waals surface area contributed by atoms with E-state index in [1.807, 2.05) is 45.9 Å². The standard InChI is InChI=1S/C35H37N5O5S/c1-22-11-14-25(15-12-22)46(42,43)39-18-17-29-33(39)36-20-30-31(37-32(40(29)30)23-9-7-6-8-10-23)27-21-38(34(41)45-35(2,3)4)28-16-13-24(44-5)19-26(27)28/h11-21,23H,6-10H2,1-5H3. The highest BCUT2D eigenvalue weighted by molar-refractivity contribution is 7.90. The molecule has 4 aromatic heterocycles. The Balaban J connectivity index is 1.48. The number of carbonyl (C=O) groups excluding carboxylic acids is 1. The van der Waals surface area contributed by atoms with Crippen LogP contribution >= 0.6 is 0 Å². The highest BCUT2D eigenvalue weighted by Crippen LogP contribution is 2.40. The number of nitrogens with zero attached hydrogens (tertiary/aromatic N) is 5. The number of imidazole rings is 1. The number of benzene rings is 2. The van der Waals surface area contributed by atoms with Crippen LogP contribution in [-0.2, 0) is 14.8 Å². The van der Waals surface area contributed by atoms with E-state index in [1.54, 1.807) is 56.0 Å². The predicted molar refractivity (Wildman–Crippen MR) is 177 cm³/mol. The number of carbonyl (C=O) groups is 1. The van der Waals surface area contributed by atoms with Crippen molar-refractivity contribution in [3.8, 4) is 17.0 Å². The lowest BCUT2D eigenvalue weighted by Gasteiger charge is -2.20. The SMILES string of the molecule is COc1ccc2c(c1)c(-c1nc(C3CCCCC3)n3c1cnc1c3ccn1S(=O)(=O)c1ccc(C)cc1)cn2C(=O)OC(C)(C)C. The summed E-state index contributed by atoms with van der Waals surface area (Å²) in [6.07, 6.45) is 9.87. The average Bonchev–Trinajstić information content (AvgIpc) is 3.74. The van der Waals surface area contributed by atoms with Gasteiger partial charge in [0.2, 0.25) is 0 Å². The van der Waals surface area contributed by atoms with E-state index in [1.165, 1.54) is 15.0 Å². The van der Waals surface area contributed by atoms with Crippen LogP contribution in [0, 0.1) is 6.92 Å². The molecule has 7 rings (SSSR count). The van der Waals surface area contributed by atoms with Gasteiger partial charge in [0, 0.05) is 29.3 Å². The van der Waals surface area contributed by atoms with E-state index in [-0.39, 0.29) is 10.8 Å². The summed E-state index contributed by atoms with van der Waals surface area (Å²) in [5, 5.41) is 0.778. The summed E-state index contributed by atoms with van der Waals surface area (Å²) in [4.78, 5) is 23.6. The number of rotatable bonds is 5. The van der Waals surface area contributed by atoms with Gasteiger partial charge >= 0.3 is 6.09 Å². The lowest BCUT2D eigenvalue weighted by Crippen LogP contribution is -2.26. The zero-order valence-corrected chi connectivity index (χ0v) is 27.5. The van der Waals surface area contributed by atoms with Gasteiger partial charge in [-0.1, -0.05) is 37.0 Å². The van der Waals surface area contributed by atoms with Gasteiger partial charge in [-0.3, -0.25) is 8.97 Å². The van der Waals surface area contributed by atoms with Crippen molar-refractivity contribution in [2.24, 2.45) is 0 Å². The summed E-state index contributed by atoms with van der Waals surface area (Å²) in [7, 11) is -2.29. The summed E-state index contributed by atoms with van der Waals surface area (Å²) < 4.78 is 43.7. The minimum absolute atomic E-state index is 0.186. The first-order chi connectivity index (χ1) is 22.0. The molecule has 1 fully saturated rings. The molecule has 0 atom stereocenters. The third-order valence-electron chi connectivity index (χ3n) is 8.70. The van der Waals surface area contributed by atoms with E-state index in [2.05, 4.69) is 4.40 Å². The molecule has 1 aliphatic carbocycles. The van der Waals surface area contributed by atoms with Gasteiger partial charge in [0.15, 0.2) is 5.65 Å². The topological polar surface area (TPSA) is 110 Å². The maximum Gasteiger partial charge on any atom is 0.419 e. The number of hydrogen-bond acceptors (Lipinski definition) is 7. The van der Waals surface area contributed by atoms with Crippen LogP contribution in [0.4, 0.5) is 4.79 Å². The quantitative estimate of drug-likeness (QED) is 0.190. The molecular formula is C35H37N5O5S. The Morgan fingerprint density at radius 1 is 0.957 bits per heavy atom. The summed E-state index contributed by atoms with van der Waals surface area (Å²) in [5.41, 5.74) is 4.05. The number of methoxy groups -OCH3 is 1. The summed E-state index contributed by atoms with van der Waals surface area (Å²) >= 11 is 0. The van der Waals surface area contributed by atoms with Crippen molar-refractivity contribution in [3.05, 3.63) is 78.5 Å². The van der Waals surface area contributed by atoms with E-state index in [9.17, 15) is 13.2 Å². The first kappa shape index (κ1) is 30.0. The minimum Gasteiger partial charge on any atom is -0.497 e. The molecule has 0 N–H and O–H groups in total. The fourth-order valence-electron chi connectivity index (χ4n) is 6.48. The third kappa shape index (κ3) is 5.02. The molecule has 0 radical (unpaired) electrons. The molecule has 11 heteroatoms. The zero-order chi connectivity index (χ0) is 32.4. The average molecular weight is 640 g/mol. The normalized spacial score (nSPS) is 14.8. The molecule has 0 bridgehead atoms. The zero-order valence-electron chi connectivity index (χ0n) is 26.6. The lowest BCUT2D eigenvalue weighted by molar-refractivity contribution is 0.0544. The van der Waals surface area contributed by atoms with Gasteiger partial charge in [-0.05, 0) is 76.9 Å². The first-order valence-electron chi connectivity index (χ1n) is 15.6. The van der Waals surface area contributed by atoms with Crippen LogP contribution in [0.3, 0.4) is 0 Å². The van der Waals surface area contributed by atoms with E-state index in [4.69, 9.17) is 19.4 Å². The number of aromatic nitrogens is 5. The highest BCUT2D eigenvalue weighted by Gasteiger charge is 2.29. The second-order valence-corrected chi connectivity index (χ2v) is 14.9. The molecule has 1 saturated carbocycles. The van der Waals surface area contributed by atoms with E-state index >= 15 is 0 Å². The maximum absolute atomic E-state index is 13.8. The monoisotopic (exact) mass is 639 g/mol. The molecule has 4 heterocycles. The Labute approximate surface area is 267 Å². The lowest BCUT2D eigenvalue weighted by atomic mass is 9.89. The predicted octanol–water partition coefficient (Wildman–Crippen LogP) is 7.69. The van der Waals surface area contributed by atoms with Gasteiger partial charge in [-0.2, -0.15) is 0 Å². The Hall–Kier alpha value is -4.64. The Morgan fingerprint density at radius 3 is 2.39 bits per heavy atom.